The molecular weight excluding hydrogens is 266 g/mol. The summed E-state index contributed by atoms with van der Waals surface area (Å²) < 4.78 is 0. The highest BCUT2D eigenvalue weighted by Gasteiger charge is 2.25. The summed E-state index contributed by atoms with van der Waals surface area (Å²) in [6.45, 7) is 20.5. The van der Waals surface area contributed by atoms with E-state index in [2.05, 4.69) is 58.2 Å². The Morgan fingerprint density at radius 1 is 0.955 bits per heavy atom. The molecule has 1 aliphatic carbocycles. The first-order valence-electron chi connectivity index (χ1n) is 9.14. The Labute approximate surface area is 140 Å². The second-order valence-corrected chi connectivity index (χ2v) is 7.28. The van der Waals surface area contributed by atoms with Crippen LogP contribution in [-0.2, 0) is 0 Å². The van der Waals surface area contributed by atoms with Gasteiger partial charge in [-0.25, -0.2) is 0 Å². The normalized spacial score (nSPS) is 20.3. The van der Waals surface area contributed by atoms with Crippen LogP contribution in [0.15, 0.2) is 34.9 Å². The van der Waals surface area contributed by atoms with Gasteiger partial charge in [0.25, 0.3) is 0 Å². The average Bonchev–Trinajstić information content (AvgIpc) is 2.76. The average molecular weight is 306 g/mol. The third kappa shape index (κ3) is 6.52. The van der Waals surface area contributed by atoms with Gasteiger partial charge in [0.15, 0.2) is 0 Å². The minimum Gasteiger partial charge on any atom is -0.308 e. The predicted octanol–water partition coefficient (Wildman–Crippen LogP) is 6.43. The summed E-state index contributed by atoms with van der Waals surface area (Å²) in [5, 5.41) is 3.68. The van der Waals surface area contributed by atoms with Crippen LogP contribution in [0.4, 0.5) is 0 Å². The molecule has 0 amide bonds. The van der Waals surface area contributed by atoms with Gasteiger partial charge in [0.1, 0.15) is 0 Å². The fourth-order valence-electron chi connectivity index (χ4n) is 2.62. The predicted molar refractivity (Wildman–Crippen MR) is 102 cm³/mol. The molecule has 2 aliphatic rings. The molecule has 1 N–H and O–H groups in total. The molecule has 0 aromatic heterocycles. The van der Waals surface area contributed by atoms with E-state index in [1.807, 2.05) is 27.7 Å². The van der Waals surface area contributed by atoms with Crippen molar-refractivity contribution >= 4 is 0 Å². The summed E-state index contributed by atoms with van der Waals surface area (Å²) in [7, 11) is 0. The first kappa shape index (κ1) is 21.2. The second kappa shape index (κ2) is 9.35. The van der Waals surface area contributed by atoms with E-state index in [9.17, 15) is 0 Å². The Kier molecular flexibility index (Phi) is 9.00. The molecule has 1 aliphatic heterocycles. The highest BCUT2D eigenvalue weighted by Crippen LogP contribution is 2.34. The lowest BCUT2D eigenvalue weighted by Crippen LogP contribution is -2.38. The van der Waals surface area contributed by atoms with Crippen LogP contribution in [0.2, 0.25) is 0 Å². The minimum absolute atomic E-state index is 0.248. The van der Waals surface area contributed by atoms with Gasteiger partial charge in [-0.2, -0.15) is 0 Å². The molecule has 0 atom stereocenters. The van der Waals surface area contributed by atoms with Gasteiger partial charge in [0.05, 0.1) is 0 Å². The van der Waals surface area contributed by atoms with E-state index in [0.717, 1.165) is 13.0 Å². The number of fused-ring (bicyclic) bond motifs is 1. The summed E-state index contributed by atoms with van der Waals surface area (Å²) in [6, 6.07) is 0. The number of hydrogen-bond donors (Lipinski definition) is 1. The summed E-state index contributed by atoms with van der Waals surface area (Å²) in [6.07, 6.45) is 10.8. The van der Waals surface area contributed by atoms with E-state index < -0.39 is 0 Å². The van der Waals surface area contributed by atoms with Gasteiger partial charge in [0.2, 0.25) is 0 Å². The molecule has 0 aromatic carbocycles. The first-order valence-corrected chi connectivity index (χ1v) is 9.14. The number of nitrogens with one attached hydrogen (secondary N) is 1. The summed E-state index contributed by atoms with van der Waals surface area (Å²) >= 11 is 0. The van der Waals surface area contributed by atoms with Gasteiger partial charge in [-0.3, -0.25) is 0 Å². The quantitative estimate of drug-likeness (QED) is 0.543. The number of rotatable bonds is 0. The highest BCUT2D eigenvalue weighted by atomic mass is 15.0. The minimum atomic E-state index is 0.248. The molecule has 0 bridgehead atoms. The standard InChI is InChI=1S/C17H27N.2C2H6/c1-16(2,3)15-8-6-7-13-9-10-17(4,5)18-12-14(13)11-15;2*1-2/h7-8,11,18H,6,9-10,12H2,1-5H3;2*1-2H3. The third-order valence-electron chi connectivity index (χ3n) is 4.09. The summed E-state index contributed by atoms with van der Waals surface area (Å²) in [4.78, 5) is 0. The summed E-state index contributed by atoms with van der Waals surface area (Å²) in [5.41, 5.74) is 5.05. The third-order valence-corrected chi connectivity index (χ3v) is 4.09. The molecule has 128 valence electrons. The lowest BCUT2D eigenvalue weighted by Gasteiger charge is -2.24. The topological polar surface area (TPSA) is 12.0 Å². The molecule has 1 fully saturated rings. The van der Waals surface area contributed by atoms with Crippen molar-refractivity contribution in [2.24, 2.45) is 5.41 Å². The van der Waals surface area contributed by atoms with E-state index in [1.54, 1.807) is 5.57 Å². The van der Waals surface area contributed by atoms with E-state index in [4.69, 9.17) is 0 Å². The molecule has 0 radical (unpaired) electrons. The zero-order valence-electron chi connectivity index (χ0n) is 16.6. The van der Waals surface area contributed by atoms with Crippen molar-refractivity contribution in [1.82, 2.24) is 5.32 Å². The van der Waals surface area contributed by atoms with Crippen LogP contribution in [0, 0.1) is 5.41 Å². The summed E-state index contributed by atoms with van der Waals surface area (Å²) in [5.74, 6) is 0. The maximum absolute atomic E-state index is 3.68. The Morgan fingerprint density at radius 2 is 1.55 bits per heavy atom. The maximum atomic E-state index is 3.68. The van der Waals surface area contributed by atoms with Crippen molar-refractivity contribution in [3.8, 4) is 0 Å². The van der Waals surface area contributed by atoms with Gasteiger partial charge in [-0.1, -0.05) is 66.7 Å². The van der Waals surface area contributed by atoms with Crippen molar-refractivity contribution in [3.63, 3.8) is 0 Å². The molecule has 22 heavy (non-hydrogen) atoms. The van der Waals surface area contributed by atoms with Gasteiger partial charge < -0.3 is 5.32 Å². The van der Waals surface area contributed by atoms with Gasteiger partial charge in [0, 0.05) is 12.1 Å². The van der Waals surface area contributed by atoms with Crippen LogP contribution in [0.25, 0.3) is 0 Å². The van der Waals surface area contributed by atoms with Crippen LogP contribution in [0.3, 0.4) is 0 Å². The molecule has 0 aromatic rings. The van der Waals surface area contributed by atoms with E-state index in [-0.39, 0.29) is 11.0 Å². The Morgan fingerprint density at radius 3 is 2.09 bits per heavy atom. The molecule has 1 saturated heterocycles. The fourth-order valence-corrected chi connectivity index (χ4v) is 2.62. The van der Waals surface area contributed by atoms with Crippen LogP contribution < -0.4 is 5.32 Å². The number of hydrogen-bond acceptors (Lipinski definition) is 1. The molecule has 0 spiro atoms. The zero-order valence-corrected chi connectivity index (χ0v) is 16.6. The Hall–Kier alpha value is -0.820. The van der Waals surface area contributed by atoms with Crippen LogP contribution in [0.1, 0.15) is 81.6 Å². The Balaban J connectivity index is 0.00000102. The number of allylic oxidation sites excluding steroid dienone is 4. The molecule has 1 nitrogen and oxygen atoms in total. The zero-order chi connectivity index (χ0) is 17.4. The molecule has 1 heterocycles. The second-order valence-electron chi connectivity index (χ2n) is 7.28. The van der Waals surface area contributed by atoms with Crippen molar-refractivity contribution < 1.29 is 0 Å². The lowest BCUT2D eigenvalue weighted by atomic mass is 9.84. The van der Waals surface area contributed by atoms with Crippen LogP contribution in [0.5, 0.6) is 0 Å². The van der Waals surface area contributed by atoms with Gasteiger partial charge >= 0.3 is 0 Å². The maximum Gasteiger partial charge on any atom is 0.0213 e. The van der Waals surface area contributed by atoms with Crippen LogP contribution in [-0.4, -0.2) is 12.1 Å². The Bertz CT molecular complexity index is 414. The van der Waals surface area contributed by atoms with Crippen molar-refractivity contribution in [2.75, 3.05) is 6.54 Å². The van der Waals surface area contributed by atoms with E-state index in [1.165, 1.54) is 24.0 Å². The molecule has 2 rings (SSSR count). The lowest BCUT2D eigenvalue weighted by molar-refractivity contribution is 0.390. The monoisotopic (exact) mass is 305 g/mol. The van der Waals surface area contributed by atoms with Crippen molar-refractivity contribution in [1.29, 1.82) is 0 Å². The van der Waals surface area contributed by atoms with E-state index >= 15 is 0 Å². The smallest absolute Gasteiger partial charge is 0.0213 e. The van der Waals surface area contributed by atoms with Crippen LogP contribution >= 0.6 is 0 Å². The van der Waals surface area contributed by atoms with Gasteiger partial charge in [-0.15, -0.1) is 0 Å². The molecule has 1 heteroatoms. The van der Waals surface area contributed by atoms with Gasteiger partial charge in [-0.05, 0) is 55.2 Å². The fraction of sp³-hybridized carbons (Fsp3) is 0.714. The van der Waals surface area contributed by atoms with E-state index in [0.29, 0.717) is 0 Å². The molecule has 0 unspecified atom stereocenters. The highest BCUT2D eigenvalue weighted by molar-refractivity contribution is 5.43. The first-order chi connectivity index (χ1) is 10.3. The largest absolute Gasteiger partial charge is 0.308 e. The molecule has 0 saturated carbocycles. The molecular formula is C21H39N. The van der Waals surface area contributed by atoms with Crippen molar-refractivity contribution in [2.45, 2.75) is 87.1 Å². The van der Waals surface area contributed by atoms with Crippen molar-refractivity contribution in [3.05, 3.63) is 34.9 Å². The SMILES string of the molecule is CC.CC.CC1(C)CCC2=CCC=C(C(C)(C)C)C=C2CN1.